The van der Waals surface area contributed by atoms with Crippen molar-refractivity contribution in [3.63, 3.8) is 0 Å². The topological polar surface area (TPSA) is 96.7 Å². The van der Waals surface area contributed by atoms with Crippen LogP contribution in [0.25, 0.3) is 11.0 Å². The minimum absolute atomic E-state index is 0.261. The molecule has 2 heterocycles. The number of pyridine rings is 1. The molecule has 0 spiro atoms. The van der Waals surface area contributed by atoms with Crippen molar-refractivity contribution in [2.45, 2.75) is 19.9 Å². The van der Waals surface area contributed by atoms with E-state index in [1.54, 1.807) is 12.1 Å². The molecule has 2 aromatic heterocycles. The third-order valence-corrected chi connectivity index (χ3v) is 3.43. The van der Waals surface area contributed by atoms with Crippen LogP contribution in [0.4, 0.5) is 5.69 Å². The molecular formula is C16H17N5O. The smallest absolute Gasteiger partial charge is 0.270 e. The SMILES string of the molecule is Cc1ccc2nc(C(C)NC(=O)c3cc(N)ccn3)[nH]c2c1. The van der Waals surface area contributed by atoms with Crippen LogP contribution < -0.4 is 11.1 Å². The van der Waals surface area contributed by atoms with Gasteiger partial charge in [0.25, 0.3) is 5.91 Å². The summed E-state index contributed by atoms with van der Waals surface area (Å²) in [6.07, 6.45) is 1.51. The van der Waals surface area contributed by atoms with Gasteiger partial charge in [-0.25, -0.2) is 4.98 Å². The lowest BCUT2D eigenvalue weighted by molar-refractivity contribution is 0.0933. The van der Waals surface area contributed by atoms with E-state index in [4.69, 9.17) is 5.73 Å². The van der Waals surface area contributed by atoms with Crippen LogP contribution in [0, 0.1) is 6.92 Å². The van der Waals surface area contributed by atoms with Crippen molar-refractivity contribution in [2.24, 2.45) is 0 Å². The third kappa shape index (κ3) is 2.76. The molecule has 1 atom stereocenters. The van der Waals surface area contributed by atoms with Gasteiger partial charge in [-0.1, -0.05) is 6.07 Å². The first-order valence-electron chi connectivity index (χ1n) is 7.01. The third-order valence-electron chi connectivity index (χ3n) is 3.43. The molecule has 3 rings (SSSR count). The number of carbonyl (C=O) groups excluding carboxylic acids is 1. The molecule has 0 aliphatic heterocycles. The van der Waals surface area contributed by atoms with Crippen molar-refractivity contribution >= 4 is 22.6 Å². The van der Waals surface area contributed by atoms with E-state index in [0.29, 0.717) is 17.2 Å². The number of anilines is 1. The van der Waals surface area contributed by atoms with E-state index in [1.165, 1.54) is 6.20 Å². The number of benzene rings is 1. The highest BCUT2D eigenvalue weighted by atomic mass is 16.1. The number of fused-ring (bicyclic) bond motifs is 1. The predicted octanol–water partition coefficient (Wildman–Crippen LogP) is 2.34. The number of imidazole rings is 1. The number of nitrogens with two attached hydrogens (primary N) is 1. The number of carbonyl (C=O) groups is 1. The van der Waals surface area contributed by atoms with Gasteiger partial charge < -0.3 is 16.0 Å². The van der Waals surface area contributed by atoms with Gasteiger partial charge in [0.05, 0.1) is 17.1 Å². The second kappa shape index (κ2) is 5.48. The predicted molar refractivity (Wildman–Crippen MR) is 85.4 cm³/mol. The van der Waals surface area contributed by atoms with Crippen LogP contribution in [0.15, 0.2) is 36.5 Å². The summed E-state index contributed by atoms with van der Waals surface area (Å²) in [7, 11) is 0. The molecule has 0 aliphatic rings. The second-order valence-corrected chi connectivity index (χ2v) is 5.31. The summed E-state index contributed by atoms with van der Waals surface area (Å²) < 4.78 is 0. The maximum absolute atomic E-state index is 12.2. The molecule has 0 saturated heterocycles. The van der Waals surface area contributed by atoms with Gasteiger partial charge in [-0.15, -0.1) is 0 Å². The van der Waals surface area contributed by atoms with Crippen LogP contribution in [0.3, 0.4) is 0 Å². The zero-order valence-electron chi connectivity index (χ0n) is 12.4. The summed E-state index contributed by atoms with van der Waals surface area (Å²) >= 11 is 0. The number of nitrogens with one attached hydrogen (secondary N) is 2. The number of aromatic nitrogens is 3. The minimum Gasteiger partial charge on any atom is -0.399 e. The maximum atomic E-state index is 12.2. The Bertz CT molecular complexity index is 839. The average molecular weight is 295 g/mol. The van der Waals surface area contributed by atoms with Gasteiger partial charge in [0, 0.05) is 11.9 Å². The molecule has 6 heteroatoms. The lowest BCUT2D eigenvalue weighted by Gasteiger charge is -2.11. The van der Waals surface area contributed by atoms with E-state index in [-0.39, 0.29) is 11.9 Å². The zero-order chi connectivity index (χ0) is 15.7. The van der Waals surface area contributed by atoms with Crippen molar-refractivity contribution in [3.05, 3.63) is 53.6 Å². The number of aromatic amines is 1. The Morgan fingerprint density at radius 1 is 1.32 bits per heavy atom. The number of amides is 1. The Hall–Kier alpha value is -2.89. The zero-order valence-corrected chi connectivity index (χ0v) is 12.4. The second-order valence-electron chi connectivity index (χ2n) is 5.31. The van der Waals surface area contributed by atoms with Crippen molar-refractivity contribution in [1.82, 2.24) is 20.3 Å². The molecule has 4 N–H and O–H groups in total. The van der Waals surface area contributed by atoms with Gasteiger partial charge >= 0.3 is 0 Å². The highest BCUT2D eigenvalue weighted by Gasteiger charge is 2.15. The van der Waals surface area contributed by atoms with Gasteiger partial charge in [-0.3, -0.25) is 9.78 Å². The number of aryl methyl sites for hydroxylation is 1. The maximum Gasteiger partial charge on any atom is 0.270 e. The van der Waals surface area contributed by atoms with E-state index in [0.717, 1.165) is 16.6 Å². The Morgan fingerprint density at radius 3 is 2.91 bits per heavy atom. The van der Waals surface area contributed by atoms with Crippen LogP contribution in [0.5, 0.6) is 0 Å². The lowest BCUT2D eigenvalue weighted by atomic mass is 10.2. The van der Waals surface area contributed by atoms with E-state index in [1.807, 2.05) is 32.0 Å². The molecule has 0 aliphatic carbocycles. The van der Waals surface area contributed by atoms with Gasteiger partial charge in [0.1, 0.15) is 11.5 Å². The Labute approximate surface area is 127 Å². The van der Waals surface area contributed by atoms with Gasteiger partial charge in [0.15, 0.2) is 0 Å². The molecule has 0 radical (unpaired) electrons. The summed E-state index contributed by atoms with van der Waals surface area (Å²) in [4.78, 5) is 23.9. The first-order chi connectivity index (χ1) is 10.5. The van der Waals surface area contributed by atoms with Crippen LogP contribution in [0.1, 0.15) is 34.8 Å². The molecular weight excluding hydrogens is 278 g/mol. The molecule has 0 bridgehead atoms. The number of nitrogen functional groups attached to an aromatic ring is 1. The van der Waals surface area contributed by atoms with Crippen LogP contribution >= 0.6 is 0 Å². The standard InChI is InChI=1S/C16H17N5O/c1-9-3-4-12-13(7-9)21-15(20-12)10(2)19-16(22)14-8-11(17)5-6-18-14/h3-8,10H,1-2H3,(H2,17,18)(H,19,22)(H,20,21). The normalized spacial score (nSPS) is 12.3. The molecule has 1 aromatic carbocycles. The van der Waals surface area contributed by atoms with Crippen LogP contribution in [-0.4, -0.2) is 20.9 Å². The number of nitrogens with zero attached hydrogens (tertiary/aromatic N) is 2. The fourth-order valence-electron chi connectivity index (χ4n) is 2.26. The Kier molecular flexibility index (Phi) is 3.50. The number of rotatable bonds is 3. The van der Waals surface area contributed by atoms with E-state index in [9.17, 15) is 4.79 Å². The molecule has 112 valence electrons. The first-order valence-corrected chi connectivity index (χ1v) is 7.01. The number of H-pyrrole nitrogens is 1. The molecule has 6 nitrogen and oxygen atoms in total. The highest BCUT2D eigenvalue weighted by molar-refractivity contribution is 5.93. The Balaban J connectivity index is 1.80. The quantitative estimate of drug-likeness (QED) is 0.691. The monoisotopic (exact) mass is 295 g/mol. The van der Waals surface area contributed by atoms with Crippen molar-refractivity contribution in [2.75, 3.05) is 5.73 Å². The molecule has 22 heavy (non-hydrogen) atoms. The summed E-state index contributed by atoms with van der Waals surface area (Å²) in [6.45, 7) is 3.89. The Morgan fingerprint density at radius 2 is 2.14 bits per heavy atom. The highest BCUT2D eigenvalue weighted by Crippen LogP contribution is 2.17. The largest absolute Gasteiger partial charge is 0.399 e. The van der Waals surface area contributed by atoms with Crippen molar-refractivity contribution in [3.8, 4) is 0 Å². The minimum atomic E-state index is -0.281. The van der Waals surface area contributed by atoms with Crippen molar-refractivity contribution < 1.29 is 4.79 Å². The van der Waals surface area contributed by atoms with Crippen LogP contribution in [0.2, 0.25) is 0 Å². The van der Waals surface area contributed by atoms with Crippen molar-refractivity contribution in [1.29, 1.82) is 0 Å². The van der Waals surface area contributed by atoms with E-state index in [2.05, 4.69) is 20.3 Å². The average Bonchev–Trinajstić information content (AvgIpc) is 2.90. The van der Waals surface area contributed by atoms with Gasteiger partial charge in [0.2, 0.25) is 0 Å². The summed E-state index contributed by atoms with van der Waals surface area (Å²) in [5.74, 6) is 0.425. The lowest BCUT2D eigenvalue weighted by Crippen LogP contribution is -2.28. The van der Waals surface area contributed by atoms with E-state index >= 15 is 0 Å². The summed E-state index contributed by atoms with van der Waals surface area (Å²) in [5, 5.41) is 2.86. The number of hydrogen-bond acceptors (Lipinski definition) is 4. The molecule has 1 unspecified atom stereocenters. The summed E-state index contributed by atoms with van der Waals surface area (Å²) in [5.41, 5.74) is 9.45. The van der Waals surface area contributed by atoms with Gasteiger partial charge in [-0.05, 0) is 43.7 Å². The first kappa shape index (κ1) is 14.1. The van der Waals surface area contributed by atoms with Gasteiger partial charge in [-0.2, -0.15) is 0 Å². The fraction of sp³-hybridized carbons (Fsp3) is 0.188. The van der Waals surface area contributed by atoms with Crippen LogP contribution in [-0.2, 0) is 0 Å². The molecule has 0 fully saturated rings. The summed E-state index contributed by atoms with van der Waals surface area (Å²) in [6, 6.07) is 8.92. The molecule has 3 aromatic rings. The van der Waals surface area contributed by atoms with E-state index < -0.39 is 0 Å². The molecule has 1 amide bonds. The molecule has 0 saturated carbocycles. The number of hydrogen-bond donors (Lipinski definition) is 3. The fourth-order valence-corrected chi connectivity index (χ4v) is 2.26.